The second-order valence-electron chi connectivity index (χ2n) is 2.71. The van der Waals surface area contributed by atoms with Crippen molar-refractivity contribution < 1.29 is 13.2 Å². The molecule has 0 bridgehead atoms. The Morgan fingerprint density at radius 1 is 1.43 bits per heavy atom. The lowest BCUT2D eigenvalue weighted by molar-refractivity contribution is -0.141. The molecule has 78 valence electrons. The Hall–Kier alpha value is -0.810. The summed E-state index contributed by atoms with van der Waals surface area (Å²) in [4.78, 5) is 3.20. The summed E-state index contributed by atoms with van der Waals surface area (Å²) in [7, 11) is 1.64. The molecule has 0 aliphatic rings. The first-order valence-electron chi connectivity index (χ1n) is 3.81. The van der Waals surface area contributed by atoms with Gasteiger partial charge in [0.25, 0.3) is 0 Å². The van der Waals surface area contributed by atoms with Crippen LogP contribution in [0.2, 0.25) is 5.15 Å². The number of halogens is 4. The normalized spacial score (nSPS) is 11.8. The Kier molecular flexibility index (Phi) is 3.34. The minimum absolute atomic E-state index is 0.148. The van der Waals surface area contributed by atoms with E-state index < -0.39 is 11.9 Å². The van der Waals surface area contributed by atoms with Gasteiger partial charge in [-0.1, -0.05) is 11.6 Å². The van der Waals surface area contributed by atoms with Crippen LogP contribution in [0, 0.1) is 0 Å². The van der Waals surface area contributed by atoms with Crippen molar-refractivity contribution in [1.82, 2.24) is 10.3 Å². The standard InChI is InChI=1S/C8H8ClF3N2/c1-13-4-5-2-6(8(10,11)12)14-7(9)3-5/h2-3,13H,4H2,1H3. The molecule has 0 aromatic carbocycles. The number of rotatable bonds is 2. The fourth-order valence-electron chi connectivity index (χ4n) is 1.00. The summed E-state index contributed by atoms with van der Waals surface area (Å²) < 4.78 is 36.7. The Bertz CT molecular complexity index is 325. The van der Waals surface area contributed by atoms with Crippen molar-refractivity contribution in [3.63, 3.8) is 0 Å². The molecule has 0 spiro atoms. The van der Waals surface area contributed by atoms with Gasteiger partial charge < -0.3 is 5.32 Å². The van der Waals surface area contributed by atoms with Crippen LogP contribution >= 0.6 is 11.6 Å². The molecule has 0 unspecified atom stereocenters. The topological polar surface area (TPSA) is 24.9 Å². The summed E-state index contributed by atoms with van der Waals surface area (Å²) >= 11 is 5.45. The number of hydrogen-bond donors (Lipinski definition) is 1. The van der Waals surface area contributed by atoms with Gasteiger partial charge in [0, 0.05) is 6.54 Å². The Morgan fingerprint density at radius 3 is 2.57 bits per heavy atom. The molecule has 0 saturated heterocycles. The average molecular weight is 225 g/mol. The molecule has 0 radical (unpaired) electrons. The van der Waals surface area contributed by atoms with E-state index in [9.17, 15) is 13.2 Å². The van der Waals surface area contributed by atoms with E-state index >= 15 is 0 Å². The van der Waals surface area contributed by atoms with Gasteiger partial charge in [-0.15, -0.1) is 0 Å². The van der Waals surface area contributed by atoms with Crippen molar-refractivity contribution in [2.24, 2.45) is 0 Å². The predicted octanol–water partition coefficient (Wildman–Crippen LogP) is 2.47. The van der Waals surface area contributed by atoms with E-state index in [-0.39, 0.29) is 5.15 Å². The average Bonchev–Trinajstić information content (AvgIpc) is 2.02. The minimum Gasteiger partial charge on any atom is -0.316 e. The molecule has 0 saturated carbocycles. The molecule has 14 heavy (non-hydrogen) atoms. The molecule has 6 heteroatoms. The van der Waals surface area contributed by atoms with Crippen molar-refractivity contribution in [2.45, 2.75) is 12.7 Å². The fourth-order valence-corrected chi connectivity index (χ4v) is 1.23. The lowest BCUT2D eigenvalue weighted by Crippen LogP contribution is -2.11. The summed E-state index contributed by atoms with van der Waals surface area (Å²) in [6, 6.07) is 2.37. The van der Waals surface area contributed by atoms with Crippen LogP contribution in [0.15, 0.2) is 12.1 Å². The van der Waals surface area contributed by atoms with Gasteiger partial charge in [-0.25, -0.2) is 4.98 Å². The van der Waals surface area contributed by atoms with Gasteiger partial charge in [0.2, 0.25) is 0 Å². The van der Waals surface area contributed by atoms with Crippen LogP contribution in [0.5, 0.6) is 0 Å². The van der Waals surface area contributed by atoms with Crippen LogP contribution < -0.4 is 5.32 Å². The first kappa shape index (κ1) is 11.3. The van der Waals surface area contributed by atoms with Crippen LogP contribution in [-0.4, -0.2) is 12.0 Å². The lowest BCUT2D eigenvalue weighted by Gasteiger charge is -2.08. The van der Waals surface area contributed by atoms with E-state index in [0.29, 0.717) is 12.1 Å². The first-order chi connectivity index (χ1) is 6.43. The third kappa shape index (κ3) is 2.85. The largest absolute Gasteiger partial charge is 0.433 e. The van der Waals surface area contributed by atoms with Gasteiger partial charge in [0.1, 0.15) is 10.8 Å². The van der Waals surface area contributed by atoms with Gasteiger partial charge in [-0.2, -0.15) is 13.2 Å². The van der Waals surface area contributed by atoms with Crippen molar-refractivity contribution >= 4 is 11.6 Å². The van der Waals surface area contributed by atoms with Gasteiger partial charge in [-0.05, 0) is 24.7 Å². The molecule has 1 N–H and O–H groups in total. The molecule has 0 fully saturated rings. The predicted molar refractivity (Wildman–Crippen MR) is 47.0 cm³/mol. The highest BCUT2D eigenvalue weighted by Crippen LogP contribution is 2.29. The first-order valence-corrected chi connectivity index (χ1v) is 4.19. The van der Waals surface area contributed by atoms with Gasteiger partial charge >= 0.3 is 6.18 Å². The zero-order valence-corrected chi connectivity index (χ0v) is 8.08. The van der Waals surface area contributed by atoms with E-state index in [1.165, 1.54) is 6.07 Å². The third-order valence-electron chi connectivity index (χ3n) is 1.53. The molecule has 0 amide bonds. The van der Waals surface area contributed by atoms with E-state index in [1.54, 1.807) is 7.05 Å². The number of hydrogen-bond acceptors (Lipinski definition) is 2. The van der Waals surface area contributed by atoms with Crippen molar-refractivity contribution in [1.29, 1.82) is 0 Å². The summed E-state index contributed by atoms with van der Waals surface area (Å²) in [5.41, 5.74) is -0.505. The fraction of sp³-hybridized carbons (Fsp3) is 0.375. The van der Waals surface area contributed by atoms with Crippen LogP contribution in [0.4, 0.5) is 13.2 Å². The molecule has 0 aliphatic carbocycles. The Morgan fingerprint density at radius 2 is 2.07 bits per heavy atom. The number of aromatic nitrogens is 1. The quantitative estimate of drug-likeness (QED) is 0.781. The van der Waals surface area contributed by atoms with Crippen molar-refractivity contribution in [3.8, 4) is 0 Å². The Balaban J connectivity index is 3.07. The lowest BCUT2D eigenvalue weighted by atomic mass is 10.2. The highest BCUT2D eigenvalue weighted by Gasteiger charge is 2.32. The molecule has 1 aromatic rings. The van der Waals surface area contributed by atoms with Crippen LogP contribution in [0.25, 0.3) is 0 Å². The zero-order chi connectivity index (χ0) is 10.8. The molecule has 1 rings (SSSR count). The second kappa shape index (κ2) is 4.14. The van der Waals surface area contributed by atoms with E-state index in [2.05, 4.69) is 10.3 Å². The summed E-state index contributed by atoms with van der Waals surface area (Å²) in [6.45, 7) is 0.325. The van der Waals surface area contributed by atoms with Gasteiger partial charge in [0.05, 0.1) is 0 Å². The van der Waals surface area contributed by atoms with Crippen molar-refractivity contribution in [3.05, 3.63) is 28.5 Å². The van der Waals surface area contributed by atoms with Crippen LogP contribution in [0.3, 0.4) is 0 Å². The number of pyridine rings is 1. The van der Waals surface area contributed by atoms with Crippen molar-refractivity contribution in [2.75, 3.05) is 7.05 Å². The maximum absolute atomic E-state index is 12.2. The van der Waals surface area contributed by atoms with Gasteiger partial charge in [-0.3, -0.25) is 0 Å². The summed E-state index contributed by atoms with van der Waals surface area (Å²) in [5, 5.41) is 2.59. The summed E-state index contributed by atoms with van der Waals surface area (Å²) in [5.74, 6) is 0. The molecule has 1 aromatic heterocycles. The molecular weight excluding hydrogens is 217 g/mol. The smallest absolute Gasteiger partial charge is 0.316 e. The molecule has 0 aliphatic heterocycles. The SMILES string of the molecule is CNCc1cc(Cl)nc(C(F)(F)F)c1. The maximum Gasteiger partial charge on any atom is 0.433 e. The second-order valence-corrected chi connectivity index (χ2v) is 3.10. The molecular formula is C8H8ClF3N2. The minimum atomic E-state index is -4.45. The number of alkyl halides is 3. The highest BCUT2D eigenvalue weighted by atomic mass is 35.5. The Labute approximate surface area is 84.1 Å². The monoisotopic (exact) mass is 224 g/mol. The summed E-state index contributed by atoms with van der Waals surface area (Å²) in [6.07, 6.45) is -4.45. The molecule has 2 nitrogen and oxygen atoms in total. The van der Waals surface area contributed by atoms with Crippen LogP contribution in [-0.2, 0) is 12.7 Å². The van der Waals surface area contributed by atoms with E-state index in [1.807, 2.05) is 0 Å². The van der Waals surface area contributed by atoms with E-state index in [0.717, 1.165) is 6.07 Å². The number of nitrogens with zero attached hydrogens (tertiary/aromatic N) is 1. The van der Waals surface area contributed by atoms with Gasteiger partial charge in [0.15, 0.2) is 0 Å². The number of nitrogens with one attached hydrogen (secondary N) is 1. The zero-order valence-electron chi connectivity index (χ0n) is 7.32. The van der Waals surface area contributed by atoms with Crippen LogP contribution in [0.1, 0.15) is 11.3 Å². The molecule has 0 atom stereocenters. The van der Waals surface area contributed by atoms with E-state index in [4.69, 9.17) is 11.6 Å². The molecule has 1 heterocycles. The highest BCUT2D eigenvalue weighted by molar-refractivity contribution is 6.29. The maximum atomic E-state index is 12.2. The third-order valence-corrected chi connectivity index (χ3v) is 1.72.